The Morgan fingerprint density at radius 1 is 1.50 bits per heavy atom. The fraction of sp³-hybridized carbons (Fsp3) is 0.875. The van der Waals surface area contributed by atoms with Gasteiger partial charge in [-0.1, -0.05) is 5.16 Å². The lowest BCUT2D eigenvalue weighted by Crippen LogP contribution is -2.13. The molecule has 0 amide bonds. The maximum atomic E-state index is 12.1. The molecule has 0 radical (unpaired) electrons. The van der Waals surface area contributed by atoms with Crippen LogP contribution in [0.25, 0.3) is 0 Å². The van der Waals surface area contributed by atoms with E-state index in [0.29, 0.717) is 19.6 Å². The molecule has 0 fully saturated rings. The molecule has 6 heteroatoms. The molecular formula is C8H16NO4P. The van der Waals surface area contributed by atoms with E-state index < -0.39 is 13.4 Å². The lowest BCUT2D eigenvalue weighted by Gasteiger charge is -2.20. The van der Waals surface area contributed by atoms with Gasteiger partial charge in [0.05, 0.1) is 18.9 Å². The smallest absolute Gasteiger partial charge is 0.374 e. The van der Waals surface area contributed by atoms with Crippen LogP contribution in [0.5, 0.6) is 0 Å². The van der Waals surface area contributed by atoms with Gasteiger partial charge in [-0.05, 0) is 20.8 Å². The second kappa shape index (κ2) is 4.91. The van der Waals surface area contributed by atoms with E-state index in [9.17, 15) is 4.57 Å². The molecule has 82 valence electrons. The van der Waals surface area contributed by atoms with Crippen LogP contribution < -0.4 is 0 Å². The van der Waals surface area contributed by atoms with Crippen LogP contribution in [0.2, 0.25) is 0 Å². The Labute approximate surface area is 83.9 Å². The van der Waals surface area contributed by atoms with Gasteiger partial charge in [0, 0.05) is 6.42 Å². The van der Waals surface area contributed by atoms with Gasteiger partial charge < -0.3 is 13.9 Å². The van der Waals surface area contributed by atoms with Gasteiger partial charge in [-0.15, -0.1) is 0 Å². The van der Waals surface area contributed by atoms with E-state index in [0.717, 1.165) is 5.71 Å². The Morgan fingerprint density at radius 3 is 2.43 bits per heavy atom. The summed E-state index contributed by atoms with van der Waals surface area (Å²) in [6, 6.07) is 0. The van der Waals surface area contributed by atoms with Gasteiger partial charge in [0.15, 0.2) is 0 Å². The Morgan fingerprint density at radius 2 is 2.07 bits per heavy atom. The van der Waals surface area contributed by atoms with Gasteiger partial charge in [-0.2, -0.15) is 0 Å². The number of hydrogen-bond donors (Lipinski definition) is 0. The Kier molecular flexibility index (Phi) is 4.11. The highest BCUT2D eigenvalue weighted by Crippen LogP contribution is 2.55. The second-order valence-electron chi connectivity index (χ2n) is 2.97. The zero-order chi connectivity index (χ0) is 10.6. The summed E-state index contributed by atoms with van der Waals surface area (Å²) in [7, 11) is -3.14. The van der Waals surface area contributed by atoms with Gasteiger partial charge in [0.25, 0.3) is 0 Å². The summed E-state index contributed by atoms with van der Waals surface area (Å²) in [5.41, 5.74) is 0.814. The van der Waals surface area contributed by atoms with Crippen LogP contribution >= 0.6 is 7.60 Å². The fourth-order valence-corrected chi connectivity index (χ4v) is 2.99. The van der Waals surface area contributed by atoms with Crippen LogP contribution in [0.3, 0.4) is 0 Å². The van der Waals surface area contributed by atoms with Crippen LogP contribution in [0.1, 0.15) is 27.2 Å². The normalized spacial score (nSPS) is 21.9. The number of hydrogen-bond acceptors (Lipinski definition) is 5. The first kappa shape index (κ1) is 11.7. The van der Waals surface area contributed by atoms with E-state index in [2.05, 4.69) is 5.16 Å². The Balaban J connectivity index is 2.64. The molecule has 0 spiro atoms. The second-order valence-corrected chi connectivity index (χ2v) is 5.14. The van der Waals surface area contributed by atoms with Crippen LogP contribution in [-0.4, -0.2) is 24.8 Å². The Hall–Kier alpha value is -0.380. The van der Waals surface area contributed by atoms with Crippen molar-refractivity contribution in [3.05, 3.63) is 0 Å². The number of nitrogens with zero attached hydrogens (tertiary/aromatic N) is 1. The molecule has 0 aromatic carbocycles. The van der Waals surface area contributed by atoms with Crippen LogP contribution in [-0.2, 0) is 18.5 Å². The van der Waals surface area contributed by atoms with Crippen molar-refractivity contribution in [2.75, 3.05) is 13.2 Å². The third-order valence-electron chi connectivity index (χ3n) is 1.77. The van der Waals surface area contributed by atoms with E-state index >= 15 is 0 Å². The molecule has 0 aromatic heterocycles. The monoisotopic (exact) mass is 221 g/mol. The quantitative estimate of drug-likeness (QED) is 0.669. The summed E-state index contributed by atoms with van der Waals surface area (Å²) in [6.07, 6.45) is 0.511. The molecule has 0 aromatic rings. The van der Waals surface area contributed by atoms with E-state index in [4.69, 9.17) is 13.9 Å². The number of oxime groups is 1. The molecule has 0 saturated heterocycles. The van der Waals surface area contributed by atoms with Crippen molar-refractivity contribution in [2.45, 2.75) is 33.0 Å². The van der Waals surface area contributed by atoms with Crippen LogP contribution in [0.15, 0.2) is 5.16 Å². The summed E-state index contributed by atoms with van der Waals surface area (Å²) in [6.45, 7) is 6.05. The molecular weight excluding hydrogens is 205 g/mol. The fourth-order valence-electron chi connectivity index (χ4n) is 1.21. The van der Waals surface area contributed by atoms with Crippen molar-refractivity contribution in [3.8, 4) is 0 Å². The van der Waals surface area contributed by atoms with Crippen molar-refractivity contribution in [2.24, 2.45) is 5.16 Å². The predicted octanol–water partition coefficient (Wildman–Crippen LogP) is 2.37. The first-order valence-electron chi connectivity index (χ1n) is 4.70. The molecule has 0 saturated carbocycles. The minimum absolute atomic E-state index is 0.343. The SMILES string of the molecule is CCOP(=O)(OCC)[C@@H]1CC(C)=NO1. The van der Waals surface area contributed by atoms with Crippen LogP contribution in [0, 0.1) is 0 Å². The van der Waals surface area contributed by atoms with Gasteiger partial charge in [0.2, 0.25) is 5.85 Å². The lowest BCUT2D eigenvalue weighted by atomic mass is 10.3. The van der Waals surface area contributed by atoms with Crippen molar-refractivity contribution in [3.63, 3.8) is 0 Å². The first-order chi connectivity index (χ1) is 6.62. The molecule has 1 aliphatic heterocycles. The van der Waals surface area contributed by atoms with Gasteiger partial charge in [-0.3, -0.25) is 4.57 Å². The average Bonchev–Trinajstić information content (AvgIpc) is 2.53. The highest BCUT2D eigenvalue weighted by Gasteiger charge is 2.40. The average molecular weight is 221 g/mol. The molecule has 1 heterocycles. The maximum absolute atomic E-state index is 12.1. The Bertz CT molecular complexity index is 256. The van der Waals surface area contributed by atoms with Crippen molar-refractivity contribution >= 4 is 13.3 Å². The summed E-state index contributed by atoms with van der Waals surface area (Å²) < 4.78 is 22.4. The van der Waals surface area contributed by atoms with E-state index in [1.165, 1.54) is 0 Å². The molecule has 1 aliphatic rings. The topological polar surface area (TPSA) is 57.1 Å². The first-order valence-corrected chi connectivity index (χ1v) is 6.31. The third-order valence-corrected chi connectivity index (χ3v) is 3.99. The van der Waals surface area contributed by atoms with Gasteiger partial charge in [0.1, 0.15) is 0 Å². The lowest BCUT2D eigenvalue weighted by molar-refractivity contribution is 0.0959. The van der Waals surface area contributed by atoms with E-state index in [1.54, 1.807) is 13.8 Å². The van der Waals surface area contributed by atoms with E-state index in [1.807, 2.05) is 6.92 Å². The zero-order valence-electron chi connectivity index (χ0n) is 8.73. The van der Waals surface area contributed by atoms with Crippen molar-refractivity contribution in [1.29, 1.82) is 0 Å². The van der Waals surface area contributed by atoms with Gasteiger partial charge in [-0.25, -0.2) is 0 Å². The van der Waals surface area contributed by atoms with Crippen LogP contribution in [0.4, 0.5) is 0 Å². The molecule has 1 rings (SSSR count). The van der Waals surface area contributed by atoms with Crippen molar-refractivity contribution in [1.82, 2.24) is 0 Å². The summed E-state index contributed by atoms with van der Waals surface area (Å²) in [5.74, 6) is -0.567. The molecule has 14 heavy (non-hydrogen) atoms. The summed E-state index contributed by atoms with van der Waals surface area (Å²) >= 11 is 0. The highest BCUT2D eigenvalue weighted by molar-refractivity contribution is 7.54. The molecule has 0 bridgehead atoms. The molecule has 0 N–H and O–H groups in total. The highest BCUT2D eigenvalue weighted by atomic mass is 31.2. The minimum atomic E-state index is -3.14. The largest absolute Gasteiger partial charge is 0.379 e. The zero-order valence-corrected chi connectivity index (χ0v) is 9.62. The third kappa shape index (κ3) is 2.56. The van der Waals surface area contributed by atoms with Gasteiger partial charge >= 0.3 is 7.60 Å². The maximum Gasteiger partial charge on any atom is 0.374 e. The predicted molar refractivity (Wildman–Crippen MR) is 53.5 cm³/mol. The molecule has 0 unspecified atom stereocenters. The minimum Gasteiger partial charge on any atom is -0.379 e. The van der Waals surface area contributed by atoms with E-state index in [-0.39, 0.29) is 0 Å². The molecule has 5 nitrogen and oxygen atoms in total. The summed E-state index contributed by atoms with van der Waals surface area (Å²) in [4.78, 5) is 5.01. The number of rotatable bonds is 5. The molecule has 1 atom stereocenters. The summed E-state index contributed by atoms with van der Waals surface area (Å²) in [5, 5.41) is 3.73. The molecule has 0 aliphatic carbocycles. The van der Waals surface area contributed by atoms with Crippen molar-refractivity contribution < 1.29 is 18.5 Å². The standard InChI is InChI=1S/C8H16NO4P/c1-4-11-14(10,12-5-2)8-6-7(3)9-13-8/h8H,4-6H2,1-3H3/t8-/m1/s1.